The van der Waals surface area contributed by atoms with Gasteiger partial charge in [0.2, 0.25) is 0 Å². The topological polar surface area (TPSA) is 12.9 Å². The summed E-state index contributed by atoms with van der Waals surface area (Å²) < 4.78 is 0. The number of rotatable bonds is 4. The molecule has 0 aliphatic carbocycles. The molecule has 0 aliphatic rings. The molecule has 10 aromatic carbocycles. The van der Waals surface area contributed by atoms with Crippen LogP contribution in [0.4, 0.5) is 0 Å². The molecule has 0 saturated carbocycles. The monoisotopic (exact) mass is 683 g/mol. The van der Waals surface area contributed by atoms with Gasteiger partial charge in [0.05, 0.1) is 0 Å². The maximum atomic E-state index is 4.68. The quantitative estimate of drug-likeness (QED) is 0.168. The van der Waals surface area contributed by atoms with Crippen LogP contribution in [0, 0.1) is 0 Å². The van der Waals surface area contributed by atoms with E-state index in [1.54, 1.807) is 0 Å². The molecular weight excluding hydrogens is 651 g/mol. The van der Waals surface area contributed by atoms with Crippen LogP contribution in [0.25, 0.3) is 109 Å². The fourth-order valence-electron chi connectivity index (χ4n) is 8.54. The Morgan fingerprint density at radius 2 is 0.556 bits per heavy atom. The summed E-state index contributed by atoms with van der Waals surface area (Å²) in [5.41, 5.74) is 9.79. The van der Waals surface area contributed by atoms with Crippen molar-refractivity contribution < 1.29 is 0 Å². The van der Waals surface area contributed by atoms with Gasteiger partial charge < -0.3 is 0 Å². The highest BCUT2D eigenvalue weighted by atomic mass is 14.6. The first kappa shape index (κ1) is 30.5. The van der Waals surface area contributed by atoms with Crippen molar-refractivity contribution in [3.8, 4) is 44.5 Å². The van der Waals surface area contributed by atoms with Gasteiger partial charge in [-0.15, -0.1) is 0 Å². The van der Waals surface area contributed by atoms with E-state index in [4.69, 9.17) is 0 Å². The second-order valence-corrected chi connectivity index (χ2v) is 14.4. The average molecular weight is 684 g/mol. The smallest absolute Gasteiger partial charge is 0.0353 e. The van der Waals surface area contributed by atoms with E-state index in [0.29, 0.717) is 0 Å². The molecule has 0 bridgehead atoms. The molecule has 0 N–H and O–H groups in total. The number of hydrogen-bond donors (Lipinski definition) is 0. The summed E-state index contributed by atoms with van der Waals surface area (Å²) >= 11 is 0. The van der Waals surface area contributed by atoms with E-state index in [0.717, 1.165) is 5.39 Å². The van der Waals surface area contributed by atoms with E-state index in [9.17, 15) is 0 Å². The first-order valence-electron chi connectivity index (χ1n) is 18.6. The molecule has 54 heavy (non-hydrogen) atoms. The van der Waals surface area contributed by atoms with E-state index in [2.05, 4.69) is 193 Å². The van der Waals surface area contributed by atoms with Gasteiger partial charge in [-0.05, 0) is 146 Å². The number of fused-ring (bicyclic) bond motifs is 6. The summed E-state index contributed by atoms with van der Waals surface area (Å²) in [6.45, 7) is 0. The van der Waals surface area contributed by atoms with Crippen LogP contribution in [0.3, 0.4) is 0 Å². The van der Waals surface area contributed by atoms with Gasteiger partial charge in [0, 0.05) is 17.8 Å². The molecule has 250 valence electrons. The third-order valence-electron chi connectivity index (χ3n) is 11.2. The largest absolute Gasteiger partial charge is 0.264 e. The standard InChI is InChI=1S/C53H33N/c1-3-9-36-27-38(15-13-34(36)7-1)40-17-19-44-31-46(23-21-42(44)29-40)52-48-11-5-6-12-49(48)53(51-33-54-26-25-50(51)52)47-24-22-43-30-41(18-20-45(43)32-47)39-16-14-35-8-2-4-10-37(35)28-39/h1-33H. The van der Waals surface area contributed by atoms with Gasteiger partial charge in [-0.25, -0.2) is 0 Å². The molecule has 0 radical (unpaired) electrons. The minimum Gasteiger partial charge on any atom is -0.264 e. The lowest BCUT2D eigenvalue weighted by atomic mass is 9.85. The molecular formula is C53H33N. The Kier molecular flexibility index (Phi) is 6.93. The molecule has 0 atom stereocenters. The first-order valence-corrected chi connectivity index (χ1v) is 18.6. The normalized spacial score (nSPS) is 11.7. The number of hydrogen-bond acceptors (Lipinski definition) is 1. The lowest BCUT2D eigenvalue weighted by Crippen LogP contribution is -1.92. The zero-order valence-corrected chi connectivity index (χ0v) is 29.5. The number of benzene rings is 10. The van der Waals surface area contributed by atoms with Crippen molar-refractivity contribution in [2.75, 3.05) is 0 Å². The van der Waals surface area contributed by atoms with Crippen molar-refractivity contribution in [1.82, 2.24) is 4.98 Å². The van der Waals surface area contributed by atoms with E-state index in [1.807, 2.05) is 12.4 Å². The highest BCUT2D eigenvalue weighted by Gasteiger charge is 2.18. The fraction of sp³-hybridized carbons (Fsp3) is 0. The first-order chi connectivity index (χ1) is 26.7. The van der Waals surface area contributed by atoms with Crippen LogP contribution < -0.4 is 0 Å². The molecule has 11 aromatic rings. The lowest BCUT2D eigenvalue weighted by molar-refractivity contribution is 1.37. The maximum Gasteiger partial charge on any atom is 0.0353 e. The van der Waals surface area contributed by atoms with Gasteiger partial charge in [0.15, 0.2) is 0 Å². The average Bonchev–Trinajstić information content (AvgIpc) is 3.24. The molecule has 1 nitrogen and oxygen atoms in total. The van der Waals surface area contributed by atoms with Gasteiger partial charge in [-0.1, -0.05) is 146 Å². The Labute approximate surface area is 313 Å². The van der Waals surface area contributed by atoms with Crippen LogP contribution in [-0.4, -0.2) is 4.98 Å². The van der Waals surface area contributed by atoms with Crippen LogP contribution in [0.15, 0.2) is 200 Å². The molecule has 1 aromatic heterocycles. The van der Waals surface area contributed by atoms with E-state index in [-0.39, 0.29) is 0 Å². The predicted octanol–water partition coefficient (Wildman–Crippen LogP) is 14.7. The van der Waals surface area contributed by atoms with Gasteiger partial charge >= 0.3 is 0 Å². The van der Waals surface area contributed by atoms with E-state index in [1.165, 1.54) is 104 Å². The summed E-state index contributed by atoms with van der Waals surface area (Å²) in [7, 11) is 0. The third kappa shape index (κ3) is 5.05. The molecule has 0 saturated heterocycles. The zero-order chi connectivity index (χ0) is 35.6. The minimum absolute atomic E-state index is 1.16. The number of nitrogens with zero attached hydrogens (tertiary/aromatic N) is 1. The number of aromatic nitrogens is 1. The molecule has 1 heterocycles. The molecule has 1 heteroatoms. The highest BCUT2D eigenvalue weighted by Crippen LogP contribution is 2.44. The van der Waals surface area contributed by atoms with Gasteiger partial charge in [-0.2, -0.15) is 0 Å². The molecule has 0 aliphatic heterocycles. The van der Waals surface area contributed by atoms with Gasteiger partial charge in [0.1, 0.15) is 0 Å². The molecule has 0 unspecified atom stereocenters. The summed E-state index contributed by atoms with van der Waals surface area (Å²) in [4.78, 5) is 4.68. The zero-order valence-electron chi connectivity index (χ0n) is 29.5. The second-order valence-electron chi connectivity index (χ2n) is 14.4. The van der Waals surface area contributed by atoms with Crippen molar-refractivity contribution in [3.63, 3.8) is 0 Å². The fourth-order valence-corrected chi connectivity index (χ4v) is 8.54. The van der Waals surface area contributed by atoms with Gasteiger partial charge in [0.25, 0.3) is 0 Å². The van der Waals surface area contributed by atoms with Crippen LogP contribution in [0.5, 0.6) is 0 Å². The Bertz CT molecular complexity index is 3000. The Morgan fingerprint density at radius 1 is 0.241 bits per heavy atom. The molecule has 0 amide bonds. The van der Waals surface area contributed by atoms with Crippen LogP contribution in [0.2, 0.25) is 0 Å². The summed E-state index contributed by atoms with van der Waals surface area (Å²) in [5.74, 6) is 0. The Hall–Kier alpha value is -7.09. The van der Waals surface area contributed by atoms with Crippen LogP contribution >= 0.6 is 0 Å². The van der Waals surface area contributed by atoms with E-state index < -0.39 is 0 Å². The van der Waals surface area contributed by atoms with Crippen LogP contribution in [-0.2, 0) is 0 Å². The Balaban J connectivity index is 1.02. The summed E-state index contributed by atoms with van der Waals surface area (Å²) in [5, 5.41) is 14.8. The predicted molar refractivity (Wildman–Crippen MR) is 231 cm³/mol. The summed E-state index contributed by atoms with van der Waals surface area (Å²) in [6, 6.07) is 69.1. The van der Waals surface area contributed by atoms with Gasteiger partial charge in [-0.3, -0.25) is 4.98 Å². The third-order valence-corrected chi connectivity index (χ3v) is 11.2. The van der Waals surface area contributed by atoms with Crippen molar-refractivity contribution in [3.05, 3.63) is 200 Å². The Morgan fingerprint density at radius 3 is 1.02 bits per heavy atom. The summed E-state index contributed by atoms with van der Waals surface area (Å²) in [6.07, 6.45) is 3.97. The lowest BCUT2D eigenvalue weighted by Gasteiger charge is -2.18. The SMILES string of the molecule is c1ccc2cc(-c3ccc4cc(-c5c6ccccc6c(-c6ccc7cc(-c8ccc9ccccc9c8)ccc7c6)c6cnccc56)ccc4c3)ccc2c1. The molecule has 11 rings (SSSR count). The van der Waals surface area contributed by atoms with Crippen LogP contribution in [0.1, 0.15) is 0 Å². The molecule has 0 fully saturated rings. The maximum absolute atomic E-state index is 4.68. The second kappa shape index (κ2) is 12.3. The van der Waals surface area contributed by atoms with Crippen molar-refractivity contribution in [1.29, 1.82) is 0 Å². The van der Waals surface area contributed by atoms with Crippen molar-refractivity contribution >= 4 is 64.6 Å². The van der Waals surface area contributed by atoms with E-state index >= 15 is 0 Å². The number of pyridine rings is 1. The minimum atomic E-state index is 1.16. The van der Waals surface area contributed by atoms with Crippen molar-refractivity contribution in [2.24, 2.45) is 0 Å². The van der Waals surface area contributed by atoms with Crippen molar-refractivity contribution in [2.45, 2.75) is 0 Å². The molecule has 0 spiro atoms. The highest BCUT2D eigenvalue weighted by molar-refractivity contribution is 6.22.